The number of hydrogen-bond acceptors (Lipinski definition) is 3. The van der Waals surface area contributed by atoms with E-state index in [9.17, 15) is 18.0 Å². The summed E-state index contributed by atoms with van der Waals surface area (Å²) in [5.74, 6) is -0.0849. The molecule has 0 saturated heterocycles. The topological polar surface area (TPSA) is 17.1 Å². The number of halogens is 4. The average molecular weight is 359 g/mol. The molecule has 0 saturated carbocycles. The molecule has 0 heterocycles. The number of carbonyl (C=O) groups is 1. The summed E-state index contributed by atoms with van der Waals surface area (Å²) in [6, 6.07) is 4.55. The van der Waals surface area contributed by atoms with Crippen molar-refractivity contribution in [1.29, 1.82) is 0 Å². The van der Waals surface area contributed by atoms with Crippen LogP contribution in [0.1, 0.15) is 17.3 Å². The number of ketones is 1. The highest BCUT2D eigenvalue weighted by Crippen LogP contribution is 2.42. The zero-order valence-electron chi connectivity index (χ0n) is 9.55. The Balaban J connectivity index is 3.07. The Morgan fingerprint density at radius 1 is 1.33 bits per heavy atom. The first kappa shape index (κ1) is 15.9. The highest BCUT2D eigenvalue weighted by Gasteiger charge is 2.30. The van der Waals surface area contributed by atoms with Crippen LogP contribution in [0.2, 0.25) is 0 Å². The number of thioether (sulfide) groups is 2. The predicted octanol–water partition coefficient (Wildman–Crippen LogP) is 5.05. The second-order valence-electron chi connectivity index (χ2n) is 3.43. The van der Waals surface area contributed by atoms with Crippen molar-refractivity contribution in [3.63, 3.8) is 0 Å². The molecule has 100 valence electrons. The van der Waals surface area contributed by atoms with Gasteiger partial charge in [-0.2, -0.15) is 13.2 Å². The maximum atomic E-state index is 12.3. The summed E-state index contributed by atoms with van der Waals surface area (Å²) in [6.07, 6.45) is 1.70. The fourth-order valence-electron chi connectivity index (χ4n) is 1.29. The molecule has 1 atom stereocenters. The van der Waals surface area contributed by atoms with Gasteiger partial charge >= 0.3 is 5.51 Å². The van der Waals surface area contributed by atoms with Gasteiger partial charge < -0.3 is 0 Å². The zero-order chi connectivity index (χ0) is 13.9. The second kappa shape index (κ2) is 6.34. The van der Waals surface area contributed by atoms with Crippen LogP contribution in [0.15, 0.2) is 28.0 Å². The van der Waals surface area contributed by atoms with Crippen molar-refractivity contribution in [2.45, 2.75) is 27.1 Å². The lowest BCUT2D eigenvalue weighted by molar-refractivity contribution is -0.116. The van der Waals surface area contributed by atoms with Gasteiger partial charge in [0.15, 0.2) is 0 Å². The Labute approximate surface area is 120 Å². The van der Waals surface area contributed by atoms with E-state index in [2.05, 4.69) is 15.9 Å². The van der Waals surface area contributed by atoms with Crippen LogP contribution in [-0.2, 0) is 4.79 Å². The molecule has 0 aliphatic heterocycles. The van der Waals surface area contributed by atoms with Gasteiger partial charge in [0.05, 0.1) is 4.83 Å². The van der Waals surface area contributed by atoms with Crippen molar-refractivity contribution in [3.8, 4) is 0 Å². The van der Waals surface area contributed by atoms with Gasteiger partial charge in [0.25, 0.3) is 0 Å². The van der Waals surface area contributed by atoms with Crippen molar-refractivity contribution in [2.75, 3.05) is 6.26 Å². The molecule has 0 aliphatic carbocycles. The molecule has 1 unspecified atom stereocenters. The maximum Gasteiger partial charge on any atom is 0.446 e. The van der Waals surface area contributed by atoms with E-state index in [4.69, 9.17) is 0 Å². The van der Waals surface area contributed by atoms with E-state index < -0.39 is 10.3 Å². The normalized spacial score (nSPS) is 13.4. The molecule has 1 nitrogen and oxygen atoms in total. The summed E-state index contributed by atoms with van der Waals surface area (Å²) >= 11 is 4.30. The Kier molecular flexibility index (Phi) is 5.61. The van der Waals surface area contributed by atoms with E-state index >= 15 is 0 Å². The van der Waals surface area contributed by atoms with E-state index in [-0.39, 0.29) is 22.4 Å². The minimum atomic E-state index is -4.31. The molecule has 0 bridgehead atoms. The van der Waals surface area contributed by atoms with Crippen LogP contribution < -0.4 is 0 Å². The number of Topliss-reactive ketones (excluding diaryl/α,β-unsaturated/α-hetero) is 1. The summed E-state index contributed by atoms with van der Waals surface area (Å²) in [5.41, 5.74) is -3.64. The third-order valence-electron chi connectivity index (χ3n) is 2.06. The molecule has 0 spiro atoms. The lowest BCUT2D eigenvalue weighted by Crippen LogP contribution is -2.03. The molecule has 1 aromatic carbocycles. The Hall–Kier alpha value is -0.140. The van der Waals surface area contributed by atoms with Crippen molar-refractivity contribution < 1.29 is 18.0 Å². The van der Waals surface area contributed by atoms with Gasteiger partial charge in [-0.3, -0.25) is 4.79 Å². The van der Waals surface area contributed by atoms with Crippen LogP contribution in [0.5, 0.6) is 0 Å². The van der Waals surface area contributed by atoms with Crippen molar-refractivity contribution in [1.82, 2.24) is 0 Å². The molecule has 18 heavy (non-hydrogen) atoms. The SMILES string of the molecule is CSc1cc(C(Br)C(C)=O)ccc1SC(F)(F)F. The van der Waals surface area contributed by atoms with E-state index in [0.717, 1.165) is 0 Å². The predicted molar refractivity (Wildman–Crippen MR) is 72.5 cm³/mol. The van der Waals surface area contributed by atoms with Gasteiger partial charge in [0, 0.05) is 9.79 Å². The van der Waals surface area contributed by atoms with E-state index in [0.29, 0.717) is 10.5 Å². The molecular formula is C11H10BrF3OS2. The Bertz CT molecular complexity index is 448. The molecule has 1 aromatic rings. The highest BCUT2D eigenvalue weighted by molar-refractivity contribution is 9.09. The largest absolute Gasteiger partial charge is 0.446 e. The smallest absolute Gasteiger partial charge is 0.298 e. The molecular weight excluding hydrogens is 349 g/mol. The van der Waals surface area contributed by atoms with Crippen LogP contribution in [0.3, 0.4) is 0 Å². The number of hydrogen-bond donors (Lipinski definition) is 0. The van der Waals surface area contributed by atoms with Crippen LogP contribution in [0, 0.1) is 0 Å². The molecule has 0 aromatic heterocycles. The van der Waals surface area contributed by atoms with Crippen LogP contribution >= 0.6 is 39.5 Å². The number of carbonyl (C=O) groups excluding carboxylic acids is 1. The Morgan fingerprint density at radius 3 is 2.39 bits per heavy atom. The van der Waals surface area contributed by atoms with Crippen molar-refractivity contribution in [3.05, 3.63) is 23.8 Å². The van der Waals surface area contributed by atoms with E-state index in [1.807, 2.05) is 0 Å². The van der Waals surface area contributed by atoms with Gasteiger partial charge in [0.1, 0.15) is 5.78 Å². The molecule has 0 fully saturated rings. The maximum absolute atomic E-state index is 12.3. The van der Waals surface area contributed by atoms with Gasteiger partial charge in [-0.25, -0.2) is 0 Å². The van der Waals surface area contributed by atoms with Crippen molar-refractivity contribution in [2.24, 2.45) is 0 Å². The number of rotatable bonds is 4. The summed E-state index contributed by atoms with van der Waals surface area (Å²) in [6.45, 7) is 1.43. The monoisotopic (exact) mass is 358 g/mol. The molecule has 1 rings (SSSR count). The number of alkyl halides is 4. The van der Waals surface area contributed by atoms with E-state index in [1.165, 1.54) is 30.8 Å². The standard InChI is InChI=1S/C11H10BrF3OS2/c1-6(16)10(12)7-3-4-8(9(5-7)17-2)18-11(13,14)15/h3-5,10H,1-2H3. The molecule has 7 heteroatoms. The molecule has 0 aliphatic rings. The summed E-state index contributed by atoms with van der Waals surface area (Å²) in [5, 5.41) is 0. The van der Waals surface area contributed by atoms with Gasteiger partial charge in [-0.1, -0.05) is 22.0 Å². The van der Waals surface area contributed by atoms with Crippen LogP contribution in [0.4, 0.5) is 13.2 Å². The van der Waals surface area contributed by atoms with Crippen molar-refractivity contribution >= 4 is 45.2 Å². The van der Waals surface area contributed by atoms with Crippen LogP contribution in [-0.4, -0.2) is 17.5 Å². The Morgan fingerprint density at radius 2 is 1.94 bits per heavy atom. The molecule has 0 N–H and O–H groups in total. The average Bonchev–Trinajstić information content (AvgIpc) is 2.26. The van der Waals surface area contributed by atoms with Gasteiger partial charge in [-0.15, -0.1) is 11.8 Å². The second-order valence-corrected chi connectivity index (χ2v) is 6.30. The third kappa shape index (κ3) is 4.51. The highest BCUT2D eigenvalue weighted by atomic mass is 79.9. The molecule has 0 radical (unpaired) electrons. The first-order valence-corrected chi connectivity index (χ1v) is 7.78. The lowest BCUT2D eigenvalue weighted by Gasteiger charge is -2.13. The van der Waals surface area contributed by atoms with Gasteiger partial charge in [0.2, 0.25) is 0 Å². The van der Waals surface area contributed by atoms with Crippen LogP contribution in [0.25, 0.3) is 0 Å². The van der Waals surface area contributed by atoms with E-state index in [1.54, 1.807) is 12.3 Å². The summed E-state index contributed by atoms with van der Waals surface area (Å²) in [7, 11) is 0. The number of benzene rings is 1. The van der Waals surface area contributed by atoms with Gasteiger partial charge in [-0.05, 0) is 42.6 Å². The fraction of sp³-hybridized carbons (Fsp3) is 0.364. The minimum Gasteiger partial charge on any atom is -0.298 e. The quantitative estimate of drug-likeness (QED) is 0.554. The third-order valence-corrected chi connectivity index (χ3v) is 4.95. The summed E-state index contributed by atoms with van der Waals surface area (Å²) in [4.78, 5) is 11.4. The summed E-state index contributed by atoms with van der Waals surface area (Å²) < 4.78 is 37.0. The zero-order valence-corrected chi connectivity index (χ0v) is 12.8. The molecule has 0 amide bonds. The first-order chi connectivity index (χ1) is 8.24. The minimum absolute atomic E-state index is 0.0849. The lowest BCUT2D eigenvalue weighted by atomic mass is 10.1. The fourth-order valence-corrected chi connectivity index (χ4v) is 3.01. The first-order valence-electron chi connectivity index (χ1n) is 4.83.